The normalized spacial score (nSPS) is 11.0. The van der Waals surface area contributed by atoms with Gasteiger partial charge in [0.25, 0.3) is 11.5 Å². The van der Waals surface area contributed by atoms with Gasteiger partial charge in [-0.15, -0.1) is 0 Å². The number of carbonyl (C=O) groups is 1. The third-order valence-electron chi connectivity index (χ3n) is 4.74. The second-order valence-corrected chi connectivity index (χ2v) is 7.40. The van der Waals surface area contributed by atoms with Crippen molar-refractivity contribution in [1.82, 2.24) is 14.9 Å². The van der Waals surface area contributed by atoms with Gasteiger partial charge in [0.05, 0.1) is 24.1 Å². The molecule has 2 aromatic carbocycles. The molecule has 0 radical (unpaired) electrons. The maximum Gasteiger partial charge on any atom is 0.258 e. The number of ether oxygens (including phenoxy) is 1. The standard InChI is InChI=1S/C23H27N3O3/c1-4-26(15-21-24-20-8-6-5-7-19(20)22(27)25-21)23(28)17-9-11-18(12-10-17)29-14-13-16(2)3/h5-12,16H,4,13-15H2,1-3H3,(H,24,25,27). The predicted molar refractivity (Wildman–Crippen MR) is 114 cm³/mol. The summed E-state index contributed by atoms with van der Waals surface area (Å²) in [7, 11) is 0. The molecule has 0 saturated carbocycles. The molecule has 0 aliphatic heterocycles. The molecular weight excluding hydrogens is 366 g/mol. The highest BCUT2D eigenvalue weighted by molar-refractivity contribution is 5.94. The van der Waals surface area contributed by atoms with Gasteiger partial charge >= 0.3 is 0 Å². The predicted octanol–water partition coefficient (Wildman–Crippen LogP) is 4.01. The zero-order chi connectivity index (χ0) is 20.8. The average molecular weight is 393 g/mol. The fourth-order valence-electron chi connectivity index (χ4n) is 3.01. The van der Waals surface area contributed by atoms with Crippen LogP contribution in [-0.2, 0) is 6.54 Å². The van der Waals surface area contributed by atoms with Crippen LogP contribution in [0.15, 0.2) is 53.3 Å². The Morgan fingerprint density at radius 1 is 1.14 bits per heavy atom. The van der Waals surface area contributed by atoms with E-state index in [9.17, 15) is 9.59 Å². The molecule has 0 fully saturated rings. The number of aromatic amines is 1. The minimum atomic E-state index is -0.197. The second-order valence-electron chi connectivity index (χ2n) is 7.40. The van der Waals surface area contributed by atoms with Crippen molar-refractivity contribution in [2.75, 3.05) is 13.2 Å². The number of rotatable bonds is 8. The first-order valence-corrected chi connectivity index (χ1v) is 9.98. The van der Waals surface area contributed by atoms with E-state index in [1.54, 1.807) is 35.2 Å². The van der Waals surface area contributed by atoms with E-state index in [4.69, 9.17) is 4.74 Å². The molecule has 0 spiro atoms. The number of aromatic nitrogens is 2. The molecule has 0 unspecified atom stereocenters. The number of para-hydroxylation sites is 1. The minimum absolute atomic E-state index is 0.114. The summed E-state index contributed by atoms with van der Waals surface area (Å²) in [6, 6.07) is 14.3. The van der Waals surface area contributed by atoms with Crippen LogP contribution in [0.25, 0.3) is 10.9 Å². The number of hydrogen-bond donors (Lipinski definition) is 1. The molecular formula is C23H27N3O3. The van der Waals surface area contributed by atoms with Crippen molar-refractivity contribution in [3.8, 4) is 5.75 Å². The summed E-state index contributed by atoms with van der Waals surface area (Å²) in [5, 5.41) is 0.540. The molecule has 1 amide bonds. The topological polar surface area (TPSA) is 75.3 Å². The molecule has 0 atom stereocenters. The molecule has 3 rings (SSSR count). The smallest absolute Gasteiger partial charge is 0.258 e. The lowest BCUT2D eigenvalue weighted by atomic mass is 10.1. The van der Waals surface area contributed by atoms with Gasteiger partial charge in [-0.1, -0.05) is 26.0 Å². The number of amides is 1. The summed E-state index contributed by atoms with van der Waals surface area (Å²) < 4.78 is 5.71. The van der Waals surface area contributed by atoms with Crippen molar-refractivity contribution >= 4 is 16.8 Å². The Morgan fingerprint density at radius 2 is 1.86 bits per heavy atom. The number of hydrogen-bond acceptors (Lipinski definition) is 4. The summed E-state index contributed by atoms with van der Waals surface area (Å²) in [6.45, 7) is 7.61. The van der Waals surface area contributed by atoms with E-state index in [2.05, 4.69) is 23.8 Å². The minimum Gasteiger partial charge on any atom is -0.494 e. The summed E-state index contributed by atoms with van der Waals surface area (Å²) >= 11 is 0. The molecule has 0 aliphatic rings. The maximum atomic E-state index is 12.9. The second kappa shape index (κ2) is 9.37. The van der Waals surface area contributed by atoms with E-state index >= 15 is 0 Å². The van der Waals surface area contributed by atoms with Crippen molar-refractivity contribution in [1.29, 1.82) is 0 Å². The Kier molecular flexibility index (Phi) is 6.65. The summed E-state index contributed by atoms with van der Waals surface area (Å²) in [4.78, 5) is 34.1. The van der Waals surface area contributed by atoms with Crippen LogP contribution in [0, 0.1) is 5.92 Å². The highest BCUT2D eigenvalue weighted by Gasteiger charge is 2.16. The summed E-state index contributed by atoms with van der Waals surface area (Å²) in [5.41, 5.74) is 1.00. The Hall–Kier alpha value is -3.15. The monoisotopic (exact) mass is 393 g/mol. The van der Waals surface area contributed by atoms with Crippen molar-refractivity contribution in [3.05, 3.63) is 70.3 Å². The number of nitrogens with one attached hydrogen (secondary N) is 1. The molecule has 0 saturated heterocycles. The molecule has 1 N–H and O–H groups in total. The highest BCUT2D eigenvalue weighted by atomic mass is 16.5. The Labute approximate surface area is 170 Å². The van der Waals surface area contributed by atoms with Gasteiger partial charge in [-0.3, -0.25) is 9.59 Å². The molecule has 3 aromatic rings. The van der Waals surface area contributed by atoms with Gasteiger partial charge in [0.2, 0.25) is 0 Å². The van der Waals surface area contributed by atoms with Crippen LogP contribution in [-0.4, -0.2) is 33.9 Å². The van der Waals surface area contributed by atoms with E-state index in [0.29, 0.717) is 41.4 Å². The number of benzene rings is 2. The third-order valence-corrected chi connectivity index (χ3v) is 4.74. The van der Waals surface area contributed by atoms with Gasteiger partial charge in [0, 0.05) is 12.1 Å². The first-order valence-electron chi connectivity index (χ1n) is 9.98. The molecule has 152 valence electrons. The summed E-state index contributed by atoms with van der Waals surface area (Å²) in [5.74, 6) is 1.70. The zero-order valence-electron chi connectivity index (χ0n) is 17.1. The van der Waals surface area contributed by atoms with Crippen molar-refractivity contribution < 1.29 is 9.53 Å². The first kappa shape index (κ1) is 20.6. The fraction of sp³-hybridized carbons (Fsp3) is 0.348. The van der Waals surface area contributed by atoms with E-state index in [1.165, 1.54) is 0 Å². The van der Waals surface area contributed by atoms with Gasteiger partial charge in [0.1, 0.15) is 11.6 Å². The SMILES string of the molecule is CCN(Cc1nc2ccccc2c(=O)[nH]1)C(=O)c1ccc(OCCC(C)C)cc1. The number of H-pyrrole nitrogens is 1. The van der Waals surface area contributed by atoms with Crippen molar-refractivity contribution in [2.24, 2.45) is 5.92 Å². The van der Waals surface area contributed by atoms with Crippen molar-refractivity contribution in [3.63, 3.8) is 0 Å². The molecule has 0 bridgehead atoms. The van der Waals surface area contributed by atoms with Crippen LogP contribution in [0.3, 0.4) is 0 Å². The Bertz CT molecular complexity index is 1030. The van der Waals surface area contributed by atoms with Crippen molar-refractivity contribution in [2.45, 2.75) is 33.7 Å². The van der Waals surface area contributed by atoms with Gasteiger partial charge in [0.15, 0.2) is 0 Å². The van der Waals surface area contributed by atoms with Gasteiger partial charge in [-0.05, 0) is 55.7 Å². The molecule has 6 heteroatoms. The van der Waals surface area contributed by atoms with Gasteiger partial charge < -0.3 is 14.6 Å². The van der Waals surface area contributed by atoms with Gasteiger partial charge in [-0.2, -0.15) is 0 Å². The first-order chi connectivity index (χ1) is 14.0. The molecule has 1 aromatic heterocycles. The number of fused-ring (bicyclic) bond motifs is 1. The van der Waals surface area contributed by atoms with Crippen LogP contribution in [0.2, 0.25) is 0 Å². The summed E-state index contributed by atoms with van der Waals surface area (Å²) in [6.07, 6.45) is 0.987. The lowest BCUT2D eigenvalue weighted by molar-refractivity contribution is 0.0748. The molecule has 6 nitrogen and oxygen atoms in total. The molecule has 0 aliphatic carbocycles. The van der Waals surface area contributed by atoms with E-state index in [0.717, 1.165) is 12.2 Å². The third kappa shape index (κ3) is 5.22. The fourth-order valence-corrected chi connectivity index (χ4v) is 3.01. The van der Waals surface area contributed by atoms with E-state index in [-0.39, 0.29) is 18.0 Å². The lowest BCUT2D eigenvalue weighted by Gasteiger charge is -2.20. The zero-order valence-corrected chi connectivity index (χ0v) is 17.1. The van der Waals surface area contributed by atoms with E-state index < -0.39 is 0 Å². The Balaban J connectivity index is 1.71. The molecule has 29 heavy (non-hydrogen) atoms. The maximum absolute atomic E-state index is 12.9. The quantitative estimate of drug-likeness (QED) is 0.627. The average Bonchev–Trinajstić information content (AvgIpc) is 2.72. The molecule has 1 heterocycles. The number of nitrogens with zero attached hydrogens (tertiary/aromatic N) is 2. The van der Waals surface area contributed by atoms with E-state index in [1.807, 2.05) is 25.1 Å². The lowest BCUT2D eigenvalue weighted by Crippen LogP contribution is -2.31. The van der Waals surface area contributed by atoms with Crippen LogP contribution in [0.4, 0.5) is 0 Å². The van der Waals surface area contributed by atoms with Gasteiger partial charge in [-0.25, -0.2) is 4.98 Å². The highest BCUT2D eigenvalue weighted by Crippen LogP contribution is 2.16. The van der Waals surface area contributed by atoms with Crippen LogP contribution < -0.4 is 10.3 Å². The Morgan fingerprint density at radius 3 is 2.55 bits per heavy atom. The largest absolute Gasteiger partial charge is 0.494 e. The van der Waals surface area contributed by atoms with Crippen LogP contribution in [0.5, 0.6) is 5.75 Å². The van der Waals surface area contributed by atoms with Crippen LogP contribution >= 0.6 is 0 Å². The van der Waals surface area contributed by atoms with Crippen LogP contribution in [0.1, 0.15) is 43.4 Å². The number of carbonyl (C=O) groups excluding carboxylic acids is 1.